The number of aliphatic hydroxyl groups is 1. The molecular formula is C16H23N3O3. The van der Waals surface area contributed by atoms with Crippen LogP contribution in [0, 0.1) is 5.41 Å². The number of aliphatic hydroxyl groups excluding tert-OH is 1. The number of amides is 1. The van der Waals surface area contributed by atoms with Crippen molar-refractivity contribution in [3.8, 4) is 5.75 Å². The van der Waals surface area contributed by atoms with Crippen LogP contribution in [0.25, 0.3) is 0 Å². The second kappa shape index (κ2) is 5.85. The van der Waals surface area contributed by atoms with Crippen molar-refractivity contribution in [2.75, 3.05) is 33.3 Å². The molecule has 6 nitrogen and oxygen atoms in total. The summed E-state index contributed by atoms with van der Waals surface area (Å²) in [6, 6.07) is 3.23. The molecule has 0 spiro atoms. The molecule has 2 saturated heterocycles. The summed E-state index contributed by atoms with van der Waals surface area (Å²) >= 11 is 0. The molecule has 2 atom stereocenters. The van der Waals surface area contributed by atoms with Gasteiger partial charge in [0.2, 0.25) is 0 Å². The Labute approximate surface area is 130 Å². The Morgan fingerprint density at radius 1 is 1.41 bits per heavy atom. The number of rotatable bonds is 2. The fourth-order valence-electron chi connectivity index (χ4n) is 3.88. The number of piperidine rings is 2. The van der Waals surface area contributed by atoms with Crippen molar-refractivity contribution in [1.29, 1.82) is 0 Å². The van der Waals surface area contributed by atoms with Crippen LogP contribution >= 0.6 is 0 Å². The molecule has 0 unspecified atom stereocenters. The van der Waals surface area contributed by atoms with Gasteiger partial charge in [-0.05, 0) is 45.0 Å². The summed E-state index contributed by atoms with van der Waals surface area (Å²) in [4.78, 5) is 20.7. The lowest BCUT2D eigenvalue weighted by molar-refractivity contribution is -0.0602. The van der Waals surface area contributed by atoms with Crippen molar-refractivity contribution in [3.63, 3.8) is 0 Å². The molecule has 6 heteroatoms. The monoisotopic (exact) mass is 305 g/mol. The van der Waals surface area contributed by atoms with E-state index in [1.807, 2.05) is 4.90 Å². The zero-order valence-electron chi connectivity index (χ0n) is 12.9. The van der Waals surface area contributed by atoms with Crippen LogP contribution in [0.5, 0.6) is 5.75 Å². The van der Waals surface area contributed by atoms with E-state index in [2.05, 4.69) is 16.9 Å². The fourth-order valence-corrected chi connectivity index (χ4v) is 3.88. The number of aromatic hydroxyl groups is 1. The van der Waals surface area contributed by atoms with Crippen molar-refractivity contribution < 1.29 is 15.0 Å². The second-order valence-electron chi connectivity index (χ2n) is 6.52. The maximum Gasteiger partial charge on any atom is 0.272 e. The highest BCUT2D eigenvalue weighted by Crippen LogP contribution is 2.41. The summed E-state index contributed by atoms with van der Waals surface area (Å²) in [7, 11) is 2.07. The van der Waals surface area contributed by atoms with E-state index in [0.717, 1.165) is 25.8 Å². The van der Waals surface area contributed by atoms with E-state index >= 15 is 0 Å². The Morgan fingerprint density at radius 2 is 2.23 bits per heavy atom. The van der Waals surface area contributed by atoms with Crippen LogP contribution in [0.2, 0.25) is 0 Å². The van der Waals surface area contributed by atoms with Gasteiger partial charge in [0.1, 0.15) is 11.4 Å². The van der Waals surface area contributed by atoms with Crippen LogP contribution in [0.15, 0.2) is 18.3 Å². The second-order valence-corrected chi connectivity index (χ2v) is 6.52. The molecular weight excluding hydrogens is 282 g/mol. The smallest absolute Gasteiger partial charge is 0.272 e. The predicted molar refractivity (Wildman–Crippen MR) is 81.6 cm³/mol. The molecule has 1 amide bonds. The highest BCUT2D eigenvalue weighted by Gasteiger charge is 2.47. The molecule has 120 valence electrons. The zero-order valence-corrected chi connectivity index (χ0v) is 12.9. The fraction of sp³-hybridized carbons (Fsp3) is 0.625. The molecule has 0 saturated carbocycles. The standard InChI is InChI=1S/C16H23N3O3/c1-18-7-2-5-16(11-20)6-8-19(10-14(16)18)15(22)13-4-3-12(21)9-17-13/h3-4,9,14,20-21H,2,5-8,10-11H2,1H3/t14-,16-/m1/s1. The first-order chi connectivity index (χ1) is 10.6. The Balaban J connectivity index is 1.77. The summed E-state index contributed by atoms with van der Waals surface area (Å²) in [6.07, 6.45) is 4.24. The Morgan fingerprint density at radius 3 is 2.91 bits per heavy atom. The topological polar surface area (TPSA) is 76.9 Å². The summed E-state index contributed by atoms with van der Waals surface area (Å²) in [5, 5.41) is 19.2. The predicted octanol–water partition coefficient (Wildman–Crippen LogP) is 0.706. The third-order valence-electron chi connectivity index (χ3n) is 5.27. The van der Waals surface area contributed by atoms with E-state index in [1.54, 1.807) is 6.07 Å². The lowest BCUT2D eigenvalue weighted by Gasteiger charge is -2.53. The van der Waals surface area contributed by atoms with Gasteiger partial charge < -0.3 is 20.0 Å². The number of likely N-dealkylation sites (tertiary alicyclic amines) is 2. The highest BCUT2D eigenvalue weighted by atomic mass is 16.3. The molecule has 0 bridgehead atoms. The normalized spacial score (nSPS) is 29.2. The van der Waals surface area contributed by atoms with E-state index in [1.165, 1.54) is 12.3 Å². The van der Waals surface area contributed by atoms with Gasteiger partial charge in [0.05, 0.1) is 12.8 Å². The highest BCUT2D eigenvalue weighted by molar-refractivity contribution is 5.92. The number of hydrogen-bond acceptors (Lipinski definition) is 5. The zero-order chi connectivity index (χ0) is 15.7. The summed E-state index contributed by atoms with van der Waals surface area (Å²) in [5.74, 6) is -0.0491. The van der Waals surface area contributed by atoms with Gasteiger partial charge in [0.15, 0.2) is 0 Å². The number of hydrogen-bond donors (Lipinski definition) is 2. The van der Waals surface area contributed by atoms with E-state index < -0.39 is 0 Å². The average Bonchev–Trinajstić information content (AvgIpc) is 2.55. The summed E-state index contributed by atoms with van der Waals surface area (Å²) in [5.41, 5.74) is 0.277. The number of aromatic nitrogens is 1. The minimum atomic E-state index is -0.106. The van der Waals surface area contributed by atoms with Gasteiger partial charge in [-0.1, -0.05) is 0 Å². The lowest BCUT2D eigenvalue weighted by atomic mass is 9.69. The molecule has 3 rings (SSSR count). The summed E-state index contributed by atoms with van der Waals surface area (Å²) < 4.78 is 0. The van der Waals surface area contributed by atoms with Crippen LogP contribution in [-0.2, 0) is 0 Å². The first-order valence-electron chi connectivity index (χ1n) is 7.81. The number of likely N-dealkylation sites (N-methyl/N-ethyl adjacent to an activating group) is 1. The molecule has 3 heterocycles. The third-order valence-corrected chi connectivity index (χ3v) is 5.27. The number of nitrogens with zero attached hydrogens (tertiary/aromatic N) is 3. The van der Waals surface area contributed by atoms with E-state index in [0.29, 0.717) is 18.8 Å². The van der Waals surface area contributed by atoms with Gasteiger partial charge in [-0.2, -0.15) is 0 Å². The number of carbonyl (C=O) groups is 1. The van der Waals surface area contributed by atoms with Crippen molar-refractivity contribution in [2.45, 2.75) is 25.3 Å². The van der Waals surface area contributed by atoms with E-state index in [9.17, 15) is 15.0 Å². The van der Waals surface area contributed by atoms with Crippen LogP contribution in [0.3, 0.4) is 0 Å². The molecule has 1 aromatic rings. The van der Waals surface area contributed by atoms with Gasteiger partial charge in [-0.25, -0.2) is 4.98 Å². The lowest BCUT2D eigenvalue weighted by Crippen LogP contribution is -2.62. The van der Waals surface area contributed by atoms with Gasteiger partial charge >= 0.3 is 0 Å². The SMILES string of the molecule is CN1CCC[C@]2(CO)CCN(C(=O)c3ccc(O)cn3)C[C@@H]12. The minimum Gasteiger partial charge on any atom is -0.506 e. The maximum absolute atomic E-state index is 12.6. The van der Waals surface area contributed by atoms with Crippen LogP contribution in [0.4, 0.5) is 0 Å². The number of fused-ring (bicyclic) bond motifs is 1. The van der Waals surface area contributed by atoms with Gasteiger partial charge in [-0.3, -0.25) is 4.79 Å². The third kappa shape index (κ3) is 2.57. The van der Waals surface area contributed by atoms with Crippen LogP contribution < -0.4 is 0 Å². The van der Waals surface area contributed by atoms with E-state index in [-0.39, 0.29) is 29.7 Å². The van der Waals surface area contributed by atoms with Crippen molar-refractivity contribution in [1.82, 2.24) is 14.8 Å². The number of pyridine rings is 1. The molecule has 0 aliphatic carbocycles. The Bertz CT molecular complexity index is 548. The van der Waals surface area contributed by atoms with Gasteiger partial charge in [0.25, 0.3) is 5.91 Å². The van der Waals surface area contributed by atoms with Gasteiger partial charge in [-0.15, -0.1) is 0 Å². The van der Waals surface area contributed by atoms with Crippen LogP contribution in [0.1, 0.15) is 29.8 Å². The molecule has 1 aromatic heterocycles. The molecule has 2 aliphatic rings. The Kier molecular flexibility index (Phi) is 4.06. The molecule has 22 heavy (non-hydrogen) atoms. The minimum absolute atomic E-state index is 0.0569. The largest absolute Gasteiger partial charge is 0.506 e. The van der Waals surface area contributed by atoms with Crippen molar-refractivity contribution >= 4 is 5.91 Å². The maximum atomic E-state index is 12.6. The van der Waals surface area contributed by atoms with Crippen molar-refractivity contribution in [2.24, 2.45) is 5.41 Å². The van der Waals surface area contributed by atoms with Gasteiger partial charge in [0, 0.05) is 24.5 Å². The summed E-state index contributed by atoms with van der Waals surface area (Å²) in [6.45, 7) is 2.46. The molecule has 2 fully saturated rings. The van der Waals surface area contributed by atoms with Crippen molar-refractivity contribution in [3.05, 3.63) is 24.0 Å². The quantitative estimate of drug-likeness (QED) is 0.841. The molecule has 2 N–H and O–H groups in total. The number of carbonyl (C=O) groups excluding carboxylic acids is 1. The first-order valence-corrected chi connectivity index (χ1v) is 7.81. The first kappa shape index (κ1) is 15.2. The molecule has 0 radical (unpaired) electrons. The molecule has 2 aliphatic heterocycles. The van der Waals surface area contributed by atoms with E-state index in [4.69, 9.17) is 0 Å². The molecule has 0 aromatic carbocycles. The average molecular weight is 305 g/mol. The Hall–Kier alpha value is -1.66. The van der Waals surface area contributed by atoms with Crippen LogP contribution in [-0.4, -0.2) is 70.2 Å².